The molecule has 0 amide bonds. The number of hydrogen-bond acceptors (Lipinski definition) is 3. The molecule has 0 aliphatic carbocycles. The molecular formula is C12H15FN2S. The van der Waals surface area contributed by atoms with Crippen LogP contribution in [0.3, 0.4) is 0 Å². The predicted octanol–water partition coefficient (Wildman–Crippen LogP) is 2.97. The molecule has 0 saturated carbocycles. The molecule has 1 aliphatic heterocycles. The Kier molecular flexibility index (Phi) is 3.83. The molecule has 0 spiro atoms. The van der Waals surface area contributed by atoms with Gasteiger partial charge in [-0.05, 0) is 31.0 Å². The fourth-order valence-electron chi connectivity index (χ4n) is 1.57. The van der Waals surface area contributed by atoms with E-state index < -0.39 is 0 Å². The van der Waals surface area contributed by atoms with Crippen LogP contribution in [0.25, 0.3) is 0 Å². The summed E-state index contributed by atoms with van der Waals surface area (Å²) in [6.45, 7) is 2.97. The number of benzene rings is 1. The van der Waals surface area contributed by atoms with Gasteiger partial charge in [-0.15, -0.1) is 0 Å². The highest BCUT2D eigenvalue weighted by Gasteiger charge is 2.10. The summed E-state index contributed by atoms with van der Waals surface area (Å²) in [7, 11) is 0. The molecule has 1 aromatic rings. The van der Waals surface area contributed by atoms with Gasteiger partial charge in [-0.3, -0.25) is 4.99 Å². The minimum absolute atomic E-state index is 0.171. The minimum atomic E-state index is -0.194. The molecule has 0 saturated heterocycles. The molecule has 0 aromatic heterocycles. The molecule has 1 atom stereocenters. The number of hydrogen-bond donors (Lipinski definition) is 1. The lowest BCUT2D eigenvalue weighted by molar-refractivity contribution is 0.624. The summed E-state index contributed by atoms with van der Waals surface area (Å²) in [6, 6.07) is 6.76. The van der Waals surface area contributed by atoms with Crippen molar-refractivity contribution in [3.05, 3.63) is 35.6 Å². The van der Waals surface area contributed by atoms with E-state index in [-0.39, 0.29) is 11.9 Å². The summed E-state index contributed by atoms with van der Waals surface area (Å²) in [5, 5.41) is 4.35. The molecule has 1 unspecified atom stereocenters. The van der Waals surface area contributed by atoms with E-state index in [2.05, 4.69) is 17.2 Å². The molecule has 0 fully saturated rings. The number of thioether (sulfide) groups is 1. The van der Waals surface area contributed by atoms with Crippen LogP contribution in [0, 0.1) is 5.82 Å². The summed E-state index contributed by atoms with van der Waals surface area (Å²) >= 11 is 1.75. The summed E-state index contributed by atoms with van der Waals surface area (Å²) in [5.74, 6) is 0.933. The van der Waals surface area contributed by atoms with Crippen molar-refractivity contribution in [2.75, 3.05) is 12.3 Å². The lowest BCUT2D eigenvalue weighted by Gasteiger charge is -2.19. The summed E-state index contributed by atoms with van der Waals surface area (Å²) in [4.78, 5) is 4.41. The maximum Gasteiger partial charge on any atom is 0.157 e. The van der Waals surface area contributed by atoms with Crippen molar-refractivity contribution in [3.63, 3.8) is 0 Å². The topological polar surface area (TPSA) is 24.4 Å². The van der Waals surface area contributed by atoms with Crippen LogP contribution in [0.1, 0.15) is 24.9 Å². The first kappa shape index (κ1) is 11.5. The van der Waals surface area contributed by atoms with Gasteiger partial charge >= 0.3 is 0 Å². The van der Waals surface area contributed by atoms with Gasteiger partial charge in [0, 0.05) is 12.3 Å². The SMILES string of the molecule is CC(NC1=NCCCS1)c1ccc(F)cc1. The average Bonchev–Trinajstić information content (AvgIpc) is 2.31. The normalized spacial score (nSPS) is 17.8. The van der Waals surface area contributed by atoms with Crippen molar-refractivity contribution in [3.8, 4) is 0 Å². The predicted molar refractivity (Wildman–Crippen MR) is 67.3 cm³/mol. The van der Waals surface area contributed by atoms with E-state index in [9.17, 15) is 4.39 Å². The molecule has 86 valence electrons. The lowest BCUT2D eigenvalue weighted by atomic mass is 10.1. The number of nitrogens with zero attached hydrogens (tertiary/aromatic N) is 1. The molecular weight excluding hydrogens is 223 g/mol. The van der Waals surface area contributed by atoms with E-state index >= 15 is 0 Å². The van der Waals surface area contributed by atoms with Crippen molar-refractivity contribution in [2.24, 2.45) is 4.99 Å². The van der Waals surface area contributed by atoms with Crippen LogP contribution < -0.4 is 5.32 Å². The fourth-order valence-corrected chi connectivity index (χ4v) is 2.48. The molecule has 1 aromatic carbocycles. The highest BCUT2D eigenvalue weighted by atomic mass is 32.2. The van der Waals surface area contributed by atoms with E-state index in [1.54, 1.807) is 23.9 Å². The largest absolute Gasteiger partial charge is 0.358 e. The van der Waals surface area contributed by atoms with Crippen LogP contribution in [0.2, 0.25) is 0 Å². The first-order valence-corrected chi connectivity index (χ1v) is 6.43. The van der Waals surface area contributed by atoms with Gasteiger partial charge in [0.25, 0.3) is 0 Å². The van der Waals surface area contributed by atoms with E-state index in [1.165, 1.54) is 12.1 Å². The van der Waals surface area contributed by atoms with Crippen LogP contribution in [-0.4, -0.2) is 17.5 Å². The van der Waals surface area contributed by atoms with Crippen LogP contribution in [-0.2, 0) is 0 Å². The van der Waals surface area contributed by atoms with Gasteiger partial charge in [-0.1, -0.05) is 23.9 Å². The molecule has 2 nitrogen and oxygen atoms in total. The summed E-state index contributed by atoms with van der Waals surface area (Å²) in [6.07, 6.45) is 1.15. The number of halogens is 1. The Labute approximate surface area is 99.3 Å². The first-order chi connectivity index (χ1) is 7.75. The second-order valence-corrected chi connectivity index (χ2v) is 4.89. The number of amidine groups is 1. The maximum absolute atomic E-state index is 12.8. The summed E-state index contributed by atoms with van der Waals surface area (Å²) < 4.78 is 12.8. The second-order valence-electron chi connectivity index (χ2n) is 3.81. The smallest absolute Gasteiger partial charge is 0.157 e. The number of rotatable bonds is 2. The van der Waals surface area contributed by atoms with E-state index in [4.69, 9.17) is 0 Å². The van der Waals surface area contributed by atoms with Crippen molar-refractivity contribution < 1.29 is 4.39 Å². The Morgan fingerprint density at radius 2 is 2.12 bits per heavy atom. The molecule has 16 heavy (non-hydrogen) atoms. The van der Waals surface area contributed by atoms with Gasteiger partial charge in [0.05, 0.1) is 6.04 Å². The van der Waals surface area contributed by atoms with Gasteiger partial charge in [-0.25, -0.2) is 4.39 Å². The van der Waals surface area contributed by atoms with Crippen molar-refractivity contribution in [1.82, 2.24) is 5.32 Å². The molecule has 0 bridgehead atoms. The molecule has 1 aliphatic rings. The van der Waals surface area contributed by atoms with E-state index in [0.717, 1.165) is 29.4 Å². The highest BCUT2D eigenvalue weighted by Crippen LogP contribution is 2.17. The van der Waals surface area contributed by atoms with Crippen LogP contribution in [0.5, 0.6) is 0 Å². The van der Waals surface area contributed by atoms with Gasteiger partial charge in [-0.2, -0.15) is 0 Å². The van der Waals surface area contributed by atoms with Gasteiger partial charge in [0.1, 0.15) is 5.82 Å². The van der Waals surface area contributed by atoms with Crippen molar-refractivity contribution in [1.29, 1.82) is 0 Å². The fraction of sp³-hybridized carbons (Fsp3) is 0.417. The Morgan fingerprint density at radius 1 is 1.38 bits per heavy atom. The quantitative estimate of drug-likeness (QED) is 0.856. The maximum atomic E-state index is 12.8. The molecule has 2 rings (SSSR count). The molecule has 1 heterocycles. The standard InChI is InChI=1S/C12H15FN2S/c1-9(10-3-5-11(13)6-4-10)15-12-14-7-2-8-16-12/h3-6,9H,2,7-8H2,1H3,(H,14,15). The Bertz CT molecular complexity index is 375. The van der Waals surface area contributed by atoms with E-state index in [1.807, 2.05) is 0 Å². The van der Waals surface area contributed by atoms with Gasteiger partial charge < -0.3 is 5.32 Å². The van der Waals surface area contributed by atoms with Crippen LogP contribution in [0.15, 0.2) is 29.3 Å². The number of aliphatic imine (C=N–C) groups is 1. The third kappa shape index (κ3) is 2.98. The highest BCUT2D eigenvalue weighted by molar-refractivity contribution is 8.13. The average molecular weight is 238 g/mol. The monoisotopic (exact) mass is 238 g/mol. The van der Waals surface area contributed by atoms with Gasteiger partial charge in [0.2, 0.25) is 0 Å². The second kappa shape index (κ2) is 5.34. The summed E-state index contributed by atoms with van der Waals surface area (Å²) in [5.41, 5.74) is 1.08. The number of nitrogens with one attached hydrogen (secondary N) is 1. The Morgan fingerprint density at radius 3 is 2.75 bits per heavy atom. The third-order valence-electron chi connectivity index (χ3n) is 2.51. The zero-order valence-corrected chi connectivity index (χ0v) is 10.1. The lowest BCUT2D eigenvalue weighted by Crippen LogP contribution is -2.26. The zero-order valence-electron chi connectivity index (χ0n) is 9.24. The zero-order chi connectivity index (χ0) is 11.4. The van der Waals surface area contributed by atoms with E-state index in [0.29, 0.717) is 0 Å². The first-order valence-electron chi connectivity index (χ1n) is 5.45. The van der Waals surface area contributed by atoms with Crippen molar-refractivity contribution >= 4 is 16.9 Å². The minimum Gasteiger partial charge on any atom is -0.358 e. The van der Waals surface area contributed by atoms with Gasteiger partial charge in [0.15, 0.2) is 5.17 Å². The molecule has 1 N–H and O–H groups in total. The van der Waals surface area contributed by atoms with Crippen LogP contribution >= 0.6 is 11.8 Å². The molecule has 4 heteroatoms. The third-order valence-corrected chi connectivity index (χ3v) is 3.52. The van der Waals surface area contributed by atoms with Crippen molar-refractivity contribution in [2.45, 2.75) is 19.4 Å². The van der Waals surface area contributed by atoms with Crippen LogP contribution in [0.4, 0.5) is 4.39 Å². The Balaban J connectivity index is 1.99. The Hall–Kier alpha value is -1.03. The molecule has 0 radical (unpaired) electrons.